The van der Waals surface area contributed by atoms with Crippen molar-refractivity contribution in [3.8, 4) is 0 Å². The fourth-order valence-corrected chi connectivity index (χ4v) is 6.43. The van der Waals surface area contributed by atoms with E-state index in [1.165, 1.54) is 28.4 Å². The normalized spacial score (nSPS) is 19.1. The molecule has 2 atom stereocenters. The summed E-state index contributed by atoms with van der Waals surface area (Å²) in [6.07, 6.45) is 1.19. The molecule has 210 valence electrons. The van der Waals surface area contributed by atoms with Crippen molar-refractivity contribution in [3.05, 3.63) is 17.1 Å². The van der Waals surface area contributed by atoms with Gasteiger partial charge in [0.25, 0.3) is 11.8 Å². The van der Waals surface area contributed by atoms with Crippen molar-refractivity contribution in [1.29, 1.82) is 0 Å². The SMILES string of the molecule is NCCCO/N=C(/C(=O)NC1C(=O)N2C(C(=O)O)=C(CSc3nnnn3CCCN)CS[C@H]12)c1nsc(N)n1. The largest absolute Gasteiger partial charge is 0.477 e. The number of tetrazole rings is 1. The Hall–Kier alpha value is -3.33. The number of hydrogen-bond donors (Lipinski definition) is 5. The van der Waals surface area contributed by atoms with Crippen LogP contribution in [0, 0.1) is 0 Å². The zero-order valence-corrected chi connectivity index (χ0v) is 22.9. The zero-order chi connectivity index (χ0) is 27.9. The number of oxime groups is 1. The van der Waals surface area contributed by atoms with E-state index in [0.29, 0.717) is 49.0 Å². The molecule has 2 amide bonds. The lowest BCUT2D eigenvalue weighted by molar-refractivity contribution is -0.150. The number of carbonyl (C=O) groups is 3. The third kappa shape index (κ3) is 6.46. The molecule has 39 heavy (non-hydrogen) atoms. The van der Waals surface area contributed by atoms with Crippen molar-refractivity contribution in [2.45, 2.75) is 36.0 Å². The van der Waals surface area contributed by atoms with Gasteiger partial charge in [0.15, 0.2) is 5.13 Å². The number of aromatic nitrogens is 6. The molecule has 0 bridgehead atoms. The highest BCUT2D eigenvalue weighted by Crippen LogP contribution is 2.41. The lowest BCUT2D eigenvalue weighted by Crippen LogP contribution is -2.71. The van der Waals surface area contributed by atoms with Crippen LogP contribution in [-0.2, 0) is 25.8 Å². The molecule has 2 aliphatic heterocycles. The third-order valence-electron chi connectivity index (χ3n) is 5.45. The number of thioether (sulfide) groups is 2. The molecule has 2 aliphatic rings. The Morgan fingerprint density at radius 2 is 2.08 bits per heavy atom. The molecule has 17 nitrogen and oxygen atoms in total. The number of carbonyl (C=O) groups excluding carboxylic acids is 2. The standard InChI is InChI=1S/C19H26N12O5S3/c20-3-1-5-30-19(25-28-29-30)38-8-9-7-37-16-11(15(33)31(16)12(9)17(34)35)23-14(32)10(26-36-6-2-4-21)13-24-18(22)39-27-13/h11,16H,1-8,20-21H2,(H,23,32)(H,34,35)(H2,22,24,27)/b26-10+/t11?,16-/m1/s1. The summed E-state index contributed by atoms with van der Waals surface area (Å²) in [5.74, 6) is -2.03. The van der Waals surface area contributed by atoms with E-state index in [1.54, 1.807) is 4.68 Å². The van der Waals surface area contributed by atoms with Gasteiger partial charge in [-0.2, -0.15) is 9.36 Å². The van der Waals surface area contributed by atoms with E-state index in [2.05, 4.69) is 35.4 Å². The molecule has 1 fully saturated rings. The first-order valence-corrected chi connectivity index (χ1v) is 14.5. The van der Waals surface area contributed by atoms with Gasteiger partial charge in [-0.05, 0) is 41.9 Å². The number of fused-ring (bicyclic) bond motifs is 1. The molecule has 4 heterocycles. The molecule has 0 radical (unpaired) electrons. The van der Waals surface area contributed by atoms with Gasteiger partial charge in [-0.1, -0.05) is 16.9 Å². The number of nitrogen functional groups attached to an aromatic ring is 1. The van der Waals surface area contributed by atoms with Gasteiger partial charge in [0.1, 0.15) is 23.7 Å². The van der Waals surface area contributed by atoms with Crippen molar-refractivity contribution in [2.24, 2.45) is 16.6 Å². The van der Waals surface area contributed by atoms with Gasteiger partial charge in [0.2, 0.25) is 16.7 Å². The number of aliphatic carboxylic acids is 1. The van der Waals surface area contributed by atoms with Crippen LogP contribution in [0.15, 0.2) is 21.6 Å². The zero-order valence-electron chi connectivity index (χ0n) is 20.4. The second-order valence-electron chi connectivity index (χ2n) is 8.11. The van der Waals surface area contributed by atoms with Gasteiger partial charge in [-0.25, -0.2) is 9.48 Å². The topological polar surface area (TPSA) is 256 Å². The Kier molecular flexibility index (Phi) is 9.67. The van der Waals surface area contributed by atoms with E-state index in [9.17, 15) is 19.5 Å². The van der Waals surface area contributed by atoms with E-state index < -0.39 is 29.2 Å². The Morgan fingerprint density at radius 3 is 2.77 bits per heavy atom. The molecular formula is C19H26N12O5S3. The van der Waals surface area contributed by atoms with Crippen molar-refractivity contribution in [2.75, 3.05) is 36.9 Å². The maximum atomic E-state index is 13.1. The number of nitrogens with two attached hydrogens (primary N) is 3. The molecule has 2 aromatic heterocycles. The summed E-state index contributed by atoms with van der Waals surface area (Å²) in [5.41, 5.74) is 16.8. The number of amides is 2. The number of nitrogens with zero attached hydrogens (tertiary/aromatic N) is 8. The molecule has 1 saturated heterocycles. The molecule has 0 aromatic carbocycles. The number of carboxylic acids is 1. The second-order valence-corrected chi connectivity index (χ2v) is 10.9. The molecule has 1 unspecified atom stereocenters. The van der Waals surface area contributed by atoms with Gasteiger partial charge < -0.3 is 32.5 Å². The van der Waals surface area contributed by atoms with Crippen LogP contribution < -0.4 is 22.5 Å². The molecule has 8 N–H and O–H groups in total. The molecule has 0 saturated carbocycles. The minimum absolute atomic E-state index is 0.0538. The Balaban J connectivity index is 1.46. The maximum Gasteiger partial charge on any atom is 0.352 e. The lowest BCUT2D eigenvalue weighted by atomic mass is 10.0. The Bertz CT molecular complexity index is 1280. The summed E-state index contributed by atoms with van der Waals surface area (Å²) >= 11 is 3.48. The number of anilines is 1. The van der Waals surface area contributed by atoms with Gasteiger partial charge >= 0.3 is 5.97 Å². The Labute approximate surface area is 234 Å². The third-order valence-corrected chi connectivity index (χ3v) is 8.37. The second kappa shape index (κ2) is 13.2. The molecule has 20 heteroatoms. The summed E-state index contributed by atoms with van der Waals surface area (Å²) in [6.45, 7) is 1.55. The molecule has 0 aliphatic carbocycles. The van der Waals surface area contributed by atoms with Crippen LogP contribution >= 0.6 is 35.1 Å². The van der Waals surface area contributed by atoms with E-state index in [0.717, 1.165) is 11.5 Å². The van der Waals surface area contributed by atoms with Crippen molar-refractivity contribution in [1.82, 2.24) is 39.8 Å². The van der Waals surface area contributed by atoms with Gasteiger partial charge in [-0.15, -0.1) is 16.9 Å². The summed E-state index contributed by atoms with van der Waals surface area (Å²) in [5, 5.41) is 28.0. The Morgan fingerprint density at radius 1 is 1.28 bits per heavy atom. The highest BCUT2D eigenvalue weighted by atomic mass is 32.2. The highest BCUT2D eigenvalue weighted by molar-refractivity contribution is 8.01. The number of carboxylic acid groups (broad SMARTS) is 1. The average Bonchev–Trinajstić information content (AvgIpc) is 3.56. The van der Waals surface area contributed by atoms with Gasteiger partial charge in [0, 0.05) is 29.6 Å². The monoisotopic (exact) mass is 598 g/mol. The summed E-state index contributed by atoms with van der Waals surface area (Å²) in [6, 6.07) is -0.986. The predicted molar refractivity (Wildman–Crippen MR) is 142 cm³/mol. The van der Waals surface area contributed by atoms with E-state index in [-0.39, 0.29) is 34.7 Å². The number of rotatable bonds is 14. The van der Waals surface area contributed by atoms with E-state index in [1.807, 2.05) is 0 Å². The van der Waals surface area contributed by atoms with Crippen molar-refractivity contribution >= 4 is 63.7 Å². The summed E-state index contributed by atoms with van der Waals surface area (Å²) in [7, 11) is 0. The number of β-lactam (4-membered cyclic amide) rings is 1. The first-order chi connectivity index (χ1) is 18.8. The van der Waals surface area contributed by atoms with E-state index >= 15 is 0 Å². The highest BCUT2D eigenvalue weighted by Gasteiger charge is 2.54. The molecular weight excluding hydrogens is 572 g/mol. The van der Waals surface area contributed by atoms with E-state index in [4.69, 9.17) is 22.0 Å². The minimum atomic E-state index is -1.24. The van der Waals surface area contributed by atoms with Crippen molar-refractivity contribution < 1.29 is 24.3 Å². The van der Waals surface area contributed by atoms with Crippen LogP contribution in [0.2, 0.25) is 0 Å². The first kappa shape index (κ1) is 28.7. The number of aryl methyl sites for hydroxylation is 1. The summed E-state index contributed by atoms with van der Waals surface area (Å²) in [4.78, 5) is 48.6. The van der Waals surface area contributed by atoms with Crippen LogP contribution in [0.3, 0.4) is 0 Å². The van der Waals surface area contributed by atoms with Crippen LogP contribution in [0.1, 0.15) is 18.7 Å². The van der Waals surface area contributed by atoms with Crippen LogP contribution in [0.5, 0.6) is 0 Å². The minimum Gasteiger partial charge on any atom is -0.477 e. The van der Waals surface area contributed by atoms with Crippen LogP contribution in [-0.4, -0.2) is 106 Å². The smallest absolute Gasteiger partial charge is 0.352 e. The van der Waals surface area contributed by atoms with Crippen LogP contribution in [0.25, 0.3) is 0 Å². The fourth-order valence-electron chi connectivity index (χ4n) is 3.61. The fraction of sp³-hybridized carbons (Fsp3) is 0.526. The van der Waals surface area contributed by atoms with Crippen molar-refractivity contribution in [3.63, 3.8) is 0 Å². The molecule has 0 spiro atoms. The van der Waals surface area contributed by atoms with Gasteiger partial charge in [-0.3, -0.25) is 14.5 Å². The van der Waals surface area contributed by atoms with Gasteiger partial charge in [0.05, 0.1) is 0 Å². The number of hydrogen-bond acceptors (Lipinski definition) is 16. The maximum absolute atomic E-state index is 13.1. The first-order valence-electron chi connectivity index (χ1n) is 11.6. The number of nitrogens with one attached hydrogen (secondary N) is 1. The lowest BCUT2D eigenvalue weighted by Gasteiger charge is -2.49. The quantitative estimate of drug-likeness (QED) is 0.0521. The average molecular weight is 599 g/mol. The summed E-state index contributed by atoms with van der Waals surface area (Å²) < 4.78 is 5.59. The van der Waals surface area contributed by atoms with Crippen LogP contribution in [0.4, 0.5) is 5.13 Å². The molecule has 2 aromatic rings. The molecule has 4 rings (SSSR count). The predicted octanol–water partition coefficient (Wildman–Crippen LogP) is -1.94.